The van der Waals surface area contributed by atoms with E-state index in [-0.39, 0.29) is 40.3 Å². The molecule has 0 unspecified atom stereocenters. The molecule has 0 radical (unpaired) electrons. The van der Waals surface area contributed by atoms with Crippen LogP contribution in [0.3, 0.4) is 0 Å². The van der Waals surface area contributed by atoms with Gasteiger partial charge >= 0.3 is 5.97 Å². The number of azide groups is 2. The van der Waals surface area contributed by atoms with Crippen molar-refractivity contribution in [1.29, 1.82) is 0 Å². The second-order valence-corrected chi connectivity index (χ2v) is 8.32. The third kappa shape index (κ3) is 12.6. The first-order valence-electron chi connectivity index (χ1n) is 7.83. The third-order valence-electron chi connectivity index (χ3n) is 3.01. The number of carboxylic acid groups (broad SMARTS) is 1. The Labute approximate surface area is 210 Å². The van der Waals surface area contributed by atoms with E-state index in [1.54, 1.807) is 0 Å². The minimum absolute atomic E-state index is 0.00676. The lowest BCUT2D eigenvalue weighted by atomic mass is 10.1. The van der Waals surface area contributed by atoms with Gasteiger partial charge in [0.15, 0.2) is 0 Å². The second-order valence-electron chi connectivity index (χ2n) is 5.11. The maximum Gasteiger partial charge on any atom is 0.335 e. The highest BCUT2D eigenvalue weighted by Crippen LogP contribution is 2.23. The van der Waals surface area contributed by atoms with Gasteiger partial charge in [-0.15, -0.1) is 0 Å². The molecule has 0 saturated carbocycles. The van der Waals surface area contributed by atoms with Crippen LogP contribution >= 0.6 is 44.6 Å². The lowest BCUT2D eigenvalue weighted by molar-refractivity contribution is -0.120. The Kier molecular flexibility index (Phi) is 14.7. The fourth-order valence-electron chi connectivity index (χ4n) is 1.89. The Morgan fingerprint density at radius 1 is 0.882 bits per heavy atom. The maximum atomic E-state index is 10.9. The molecular weight excluding hydrogens is 562 g/mol. The number of benzene rings is 2. The summed E-state index contributed by atoms with van der Waals surface area (Å²) in [5, 5.41) is 13.6. The second kappa shape index (κ2) is 16.3. The van der Waals surface area contributed by atoms with Crippen molar-refractivity contribution >= 4 is 88.1 Å². The lowest BCUT2D eigenvalue weighted by Crippen LogP contribution is -1.97. The minimum Gasteiger partial charge on any atom is -0.478 e. The number of rotatable bonds is 7. The van der Waals surface area contributed by atoms with Crippen LogP contribution in [0, 0.1) is 0 Å². The van der Waals surface area contributed by atoms with E-state index >= 15 is 0 Å². The molecule has 0 atom stereocenters. The maximum absolute atomic E-state index is 10.9. The molecule has 13 nitrogen and oxygen atoms in total. The van der Waals surface area contributed by atoms with Gasteiger partial charge in [-0.3, -0.25) is 14.4 Å². The molecule has 0 amide bonds. The molecule has 0 fully saturated rings. The van der Waals surface area contributed by atoms with Gasteiger partial charge in [-0.2, -0.15) is 0 Å². The van der Waals surface area contributed by atoms with Crippen LogP contribution in [0.5, 0.6) is 5.75 Å². The van der Waals surface area contributed by atoms with Crippen LogP contribution in [-0.2, 0) is 14.0 Å². The van der Waals surface area contributed by atoms with Gasteiger partial charge in [-0.05, 0) is 70.7 Å². The highest BCUT2D eigenvalue weighted by Gasteiger charge is 2.09. The van der Waals surface area contributed by atoms with Crippen LogP contribution in [-0.4, -0.2) is 32.2 Å². The van der Waals surface area contributed by atoms with E-state index in [1.807, 2.05) is 0 Å². The summed E-state index contributed by atoms with van der Waals surface area (Å²) in [4.78, 5) is 47.4. The summed E-state index contributed by atoms with van der Waals surface area (Å²) in [5.74, 6) is -1.20. The predicted molar refractivity (Wildman–Crippen MR) is 124 cm³/mol. The Morgan fingerprint density at radius 3 is 1.65 bits per heavy atom. The topological polar surface area (TPSA) is 212 Å². The van der Waals surface area contributed by atoms with E-state index in [9.17, 15) is 19.2 Å². The van der Waals surface area contributed by atoms with Crippen molar-refractivity contribution in [3.8, 4) is 5.75 Å². The summed E-state index contributed by atoms with van der Waals surface area (Å²) < 4.78 is 13.5. The van der Waals surface area contributed by atoms with Crippen LogP contribution in [0.1, 0.15) is 31.1 Å². The highest BCUT2D eigenvalue weighted by molar-refractivity contribution is 8.26. The highest BCUT2D eigenvalue weighted by atomic mass is 36.0. The molecule has 0 aliphatic heterocycles. The van der Waals surface area contributed by atoms with E-state index in [0.717, 1.165) is 6.07 Å². The van der Waals surface area contributed by atoms with Gasteiger partial charge in [0, 0.05) is 53.7 Å². The molecule has 0 heterocycles. The van der Waals surface area contributed by atoms with Crippen molar-refractivity contribution in [3.63, 3.8) is 0 Å². The largest absolute Gasteiger partial charge is 0.478 e. The van der Waals surface area contributed by atoms with Crippen molar-refractivity contribution < 1.29 is 33.2 Å². The van der Waals surface area contributed by atoms with Crippen molar-refractivity contribution in [2.75, 3.05) is 0 Å². The zero-order valence-electron chi connectivity index (χ0n) is 16.0. The summed E-state index contributed by atoms with van der Waals surface area (Å²) in [5.41, 5.74) is 16.5. The van der Waals surface area contributed by atoms with E-state index in [2.05, 4.69) is 46.2 Å². The number of carbonyl (C=O) groups is 4. The quantitative estimate of drug-likeness (QED) is 0.132. The van der Waals surface area contributed by atoms with Gasteiger partial charge in [-0.1, -0.05) is 10.2 Å². The molecule has 178 valence electrons. The predicted octanol–water partition coefficient (Wildman–Crippen LogP) is 6.29. The molecule has 1 N–H and O–H groups in total. The van der Waals surface area contributed by atoms with Gasteiger partial charge in [-0.25, -0.2) is 9.00 Å². The Hall–Kier alpha value is -3.35. The third-order valence-corrected chi connectivity index (χ3v) is 3.45. The van der Waals surface area contributed by atoms with Gasteiger partial charge in [0.1, 0.15) is 5.75 Å². The molecule has 18 heteroatoms. The average molecular weight is 570 g/mol. The molecule has 2 aromatic rings. The van der Waals surface area contributed by atoms with Gasteiger partial charge in [0.2, 0.25) is 9.23 Å². The number of hydrogen-bond donors (Lipinski definition) is 1. The molecule has 2 aromatic carbocycles. The summed E-state index contributed by atoms with van der Waals surface area (Å²) in [6, 6.07) is 7.31. The summed E-state index contributed by atoms with van der Waals surface area (Å²) >= 11 is 10.4. The number of carboxylic acids is 1. The van der Waals surface area contributed by atoms with E-state index in [4.69, 9.17) is 43.6 Å². The number of nitrogens with zero attached hydrogens (tertiary/aromatic N) is 6. The van der Waals surface area contributed by atoms with Crippen molar-refractivity contribution in [3.05, 3.63) is 74.0 Å². The van der Waals surface area contributed by atoms with Crippen LogP contribution in [0.15, 0.2) is 46.6 Å². The van der Waals surface area contributed by atoms with Crippen LogP contribution < -0.4 is 4.74 Å². The normalized spacial score (nSPS) is 8.97. The van der Waals surface area contributed by atoms with Crippen molar-refractivity contribution in [1.82, 2.24) is 0 Å². The summed E-state index contributed by atoms with van der Waals surface area (Å²) in [6.07, 6.45) is 0. The fraction of sp³-hybridized carbons (Fsp3) is 0. The van der Waals surface area contributed by atoms with Gasteiger partial charge < -0.3 is 9.84 Å². The molecule has 0 saturated heterocycles. The molecule has 0 spiro atoms. The standard InChI is InChI=1S/C8H3Cl2N3O2.C8H5N3O4.Cl2OS/c9-7(14)4-1-5(8(10)15)3-6(2-4)12-13-11;9-11-10-6-1-5(8(13)14)2-7(3-6)15-4-12;1-4(2)3/h1-3H;1-4H,(H,13,14);. The van der Waals surface area contributed by atoms with Gasteiger partial charge in [0.05, 0.1) is 5.56 Å². The monoisotopic (exact) mass is 568 g/mol. The number of halogens is 4. The van der Waals surface area contributed by atoms with Crippen LogP contribution in [0.2, 0.25) is 0 Å². The summed E-state index contributed by atoms with van der Waals surface area (Å²) in [6.45, 7) is 0.154. The zero-order valence-corrected chi connectivity index (χ0v) is 19.9. The number of ether oxygens (including phenoxy) is 1. The van der Waals surface area contributed by atoms with E-state index in [1.165, 1.54) is 30.3 Å². The molecule has 0 aliphatic rings. The minimum atomic E-state index is -1.67. The zero-order chi connectivity index (χ0) is 26.3. The molecule has 0 bridgehead atoms. The smallest absolute Gasteiger partial charge is 0.335 e. The lowest BCUT2D eigenvalue weighted by Gasteiger charge is -2.01. The molecule has 34 heavy (non-hydrogen) atoms. The fourth-order valence-corrected chi connectivity index (χ4v) is 2.11. The first kappa shape index (κ1) is 30.6. The molecule has 0 aromatic heterocycles. The Balaban J connectivity index is 0.000000554. The Bertz CT molecular complexity index is 1130. The summed E-state index contributed by atoms with van der Waals surface area (Å²) in [7, 11) is 7.36. The van der Waals surface area contributed by atoms with Gasteiger partial charge in [0.25, 0.3) is 17.0 Å². The number of aromatic carboxylic acids is 1. The molecule has 0 aliphatic carbocycles. The first-order chi connectivity index (χ1) is 15.9. The number of carbonyl (C=O) groups excluding carboxylic acids is 3. The first-order valence-corrected chi connectivity index (χ1v) is 11.4. The van der Waals surface area contributed by atoms with Crippen molar-refractivity contribution in [2.24, 2.45) is 10.2 Å². The van der Waals surface area contributed by atoms with E-state index < -0.39 is 25.7 Å². The van der Waals surface area contributed by atoms with Crippen molar-refractivity contribution in [2.45, 2.75) is 0 Å². The van der Waals surface area contributed by atoms with E-state index in [0.29, 0.717) is 0 Å². The van der Waals surface area contributed by atoms with Crippen LogP contribution in [0.4, 0.5) is 11.4 Å². The molecule has 2 rings (SSSR count). The SMILES string of the molecule is O=S(Cl)Cl.[N-]=[N+]=Nc1cc(C(=O)Cl)cc(C(=O)Cl)c1.[N-]=[N+]=Nc1cc(OC=O)cc(C(=O)O)c1. The number of hydrogen-bond acceptors (Lipinski definition) is 8. The Morgan fingerprint density at radius 2 is 1.29 bits per heavy atom. The van der Waals surface area contributed by atoms with Crippen LogP contribution in [0.25, 0.3) is 20.9 Å². The molecular formula is C16H8Cl4N6O7S. The average Bonchev–Trinajstić information content (AvgIpc) is 2.74.